The third-order valence-corrected chi connectivity index (χ3v) is 4.58. The number of anilines is 1. The Morgan fingerprint density at radius 1 is 1.15 bits per heavy atom. The molecule has 20 heavy (non-hydrogen) atoms. The highest BCUT2D eigenvalue weighted by Gasteiger charge is 2.24. The minimum absolute atomic E-state index is 0.189. The first-order valence-corrected chi connectivity index (χ1v) is 7.90. The fourth-order valence-corrected chi connectivity index (χ4v) is 3.56. The first-order valence-electron chi connectivity index (χ1n) is 7.90. The molecule has 0 radical (unpaired) electrons. The first-order chi connectivity index (χ1) is 9.83. The standard InChI is InChI=1S/C16H24FN3/c17-15-11-18-7-6-16(15)20-10-4-5-14(13-20)12-19-8-2-1-3-9-19/h6-7,11,14H,1-5,8-10,12-13H2. The predicted octanol–water partition coefficient (Wildman–Crippen LogP) is 2.92. The fraction of sp³-hybridized carbons (Fsp3) is 0.688. The third-order valence-electron chi connectivity index (χ3n) is 4.58. The van der Waals surface area contributed by atoms with Gasteiger partial charge in [0.1, 0.15) is 0 Å². The SMILES string of the molecule is Fc1cnccc1N1CCCC(CN2CCCCC2)C1. The predicted molar refractivity (Wildman–Crippen MR) is 79.4 cm³/mol. The number of nitrogens with zero attached hydrogens (tertiary/aromatic N) is 3. The summed E-state index contributed by atoms with van der Waals surface area (Å²) in [7, 11) is 0. The van der Waals surface area contributed by atoms with Crippen LogP contribution >= 0.6 is 0 Å². The monoisotopic (exact) mass is 277 g/mol. The maximum atomic E-state index is 13.8. The van der Waals surface area contributed by atoms with Gasteiger partial charge in [-0.15, -0.1) is 0 Å². The summed E-state index contributed by atoms with van der Waals surface area (Å²) in [6, 6.07) is 1.80. The summed E-state index contributed by atoms with van der Waals surface area (Å²) in [6.07, 6.45) is 9.52. The van der Waals surface area contributed by atoms with Crippen molar-refractivity contribution in [1.82, 2.24) is 9.88 Å². The van der Waals surface area contributed by atoms with E-state index in [1.165, 1.54) is 57.9 Å². The van der Waals surface area contributed by atoms with Gasteiger partial charge in [-0.1, -0.05) is 6.42 Å². The van der Waals surface area contributed by atoms with Gasteiger partial charge in [-0.25, -0.2) is 4.39 Å². The molecule has 2 aliphatic heterocycles. The van der Waals surface area contributed by atoms with Gasteiger partial charge in [0.25, 0.3) is 0 Å². The number of hydrogen-bond donors (Lipinski definition) is 0. The average Bonchev–Trinajstić information content (AvgIpc) is 2.49. The molecule has 0 amide bonds. The quantitative estimate of drug-likeness (QED) is 0.847. The van der Waals surface area contributed by atoms with Crippen molar-refractivity contribution < 1.29 is 4.39 Å². The molecule has 1 aromatic heterocycles. The largest absolute Gasteiger partial charge is 0.369 e. The number of likely N-dealkylation sites (tertiary alicyclic amines) is 1. The van der Waals surface area contributed by atoms with Crippen molar-refractivity contribution in [3.05, 3.63) is 24.3 Å². The molecule has 3 rings (SSSR count). The zero-order valence-corrected chi connectivity index (χ0v) is 12.1. The molecule has 0 bridgehead atoms. The van der Waals surface area contributed by atoms with Crippen LogP contribution in [0, 0.1) is 11.7 Å². The normalized spacial score (nSPS) is 24.9. The van der Waals surface area contributed by atoms with Crippen molar-refractivity contribution in [3.63, 3.8) is 0 Å². The molecule has 2 fully saturated rings. The molecule has 0 aromatic carbocycles. The minimum Gasteiger partial charge on any atom is -0.369 e. The number of pyridine rings is 1. The molecule has 0 N–H and O–H groups in total. The lowest BCUT2D eigenvalue weighted by atomic mass is 9.96. The summed E-state index contributed by atoms with van der Waals surface area (Å²) >= 11 is 0. The summed E-state index contributed by atoms with van der Waals surface area (Å²) in [5, 5.41) is 0. The van der Waals surface area contributed by atoms with E-state index in [1.807, 2.05) is 0 Å². The van der Waals surface area contributed by atoms with Crippen LogP contribution in [0.5, 0.6) is 0 Å². The second kappa shape index (κ2) is 6.53. The van der Waals surface area contributed by atoms with Crippen LogP contribution in [-0.4, -0.2) is 42.6 Å². The van der Waals surface area contributed by atoms with Crippen LogP contribution in [-0.2, 0) is 0 Å². The molecular formula is C16H24FN3. The molecule has 4 heteroatoms. The minimum atomic E-state index is -0.189. The Morgan fingerprint density at radius 3 is 2.80 bits per heavy atom. The van der Waals surface area contributed by atoms with E-state index in [9.17, 15) is 4.39 Å². The van der Waals surface area contributed by atoms with Gasteiger partial charge in [0.15, 0.2) is 5.82 Å². The Hall–Kier alpha value is -1.16. The van der Waals surface area contributed by atoms with Gasteiger partial charge in [0.2, 0.25) is 0 Å². The van der Waals surface area contributed by atoms with Gasteiger partial charge in [0, 0.05) is 25.8 Å². The average molecular weight is 277 g/mol. The van der Waals surface area contributed by atoms with E-state index in [0.29, 0.717) is 5.92 Å². The Balaban J connectivity index is 1.60. The highest BCUT2D eigenvalue weighted by molar-refractivity contribution is 5.46. The van der Waals surface area contributed by atoms with E-state index in [0.717, 1.165) is 18.8 Å². The maximum absolute atomic E-state index is 13.8. The van der Waals surface area contributed by atoms with E-state index in [1.54, 1.807) is 12.3 Å². The fourth-order valence-electron chi connectivity index (χ4n) is 3.56. The molecule has 2 aliphatic rings. The van der Waals surface area contributed by atoms with Crippen molar-refractivity contribution in [2.75, 3.05) is 37.6 Å². The van der Waals surface area contributed by atoms with Crippen LogP contribution in [0.1, 0.15) is 32.1 Å². The third kappa shape index (κ3) is 3.29. The highest BCUT2D eigenvalue weighted by Crippen LogP contribution is 2.26. The van der Waals surface area contributed by atoms with E-state index >= 15 is 0 Å². The van der Waals surface area contributed by atoms with E-state index in [2.05, 4.69) is 14.8 Å². The molecular weight excluding hydrogens is 253 g/mol. The summed E-state index contributed by atoms with van der Waals surface area (Å²) < 4.78 is 13.8. The molecule has 0 aliphatic carbocycles. The van der Waals surface area contributed by atoms with Crippen LogP contribution in [0.15, 0.2) is 18.5 Å². The van der Waals surface area contributed by atoms with E-state index in [-0.39, 0.29) is 5.82 Å². The maximum Gasteiger partial charge on any atom is 0.164 e. The van der Waals surface area contributed by atoms with Crippen molar-refractivity contribution in [3.8, 4) is 0 Å². The Kier molecular flexibility index (Phi) is 4.51. The summed E-state index contributed by atoms with van der Waals surface area (Å²) in [5.41, 5.74) is 0.725. The number of piperidine rings is 2. The summed E-state index contributed by atoms with van der Waals surface area (Å²) in [5.74, 6) is 0.487. The lowest BCUT2D eigenvalue weighted by Gasteiger charge is -2.38. The molecule has 1 unspecified atom stereocenters. The summed E-state index contributed by atoms with van der Waals surface area (Å²) in [6.45, 7) is 5.64. The van der Waals surface area contributed by atoms with Crippen molar-refractivity contribution in [2.45, 2.75) is 32.1 Å². The molecule has 3 nitrogen and oxygen atoms in total. The molecule has 0 spiro atoms. The van der Waals surface area contributed by atoms with Crippen LogP contribution in [0.2, 0.25) is 0 Å². The Labute approximate surface area is 120 Å². The van der Waals surface area contributed by atoms with Crippen LogP contribution in [0.25, 0.3) is 0 Å². The zero-order chi connectivity index (χ0) is 13.8. The molecule has 1 atom stereocenters. The van der Waals surface area contributed by atoms with Crippen molar-refractivity contribution >= 4 is 5.69 Å². The van der Waals surface area contributed by atoms with Crippen LogP contribution < -0.4 is 4.90 Å². The van der Waals surface area contributed by atoms with Crippen LogP contribution in [0.3, 0.4) is 0 Å². The number of halogens is 1. The van der Waals surface area contributed by atoms with Crippen molar-refractivity contribution in [2.24, 2.45) is 5.92 Å². The van der Waals surface area contributed by atoms with E-state index in [4.69, 9.17) is 0 Å². The number of aromatic nitrogens is 1. The van der Waals surface area contributed by atoms with Crippen molar-refractivity contribution in [1.29, 1.82) is 0 Å². The second-order valence-electron chi connectivity index (χ2n) is 6.14. The molecule has 2 saturated heterocycles. The molecule has 110 valence electrons. The second-order valence-corrected chi connectivity index (χ2v) is 6.14. The number of rotatable bonds is 3. The van der Waals surface area contributed by atoms with E-state index < -0.39 is 0 Å². The molecule has 0 saturated carbocycles. The Morgan fingerprint density at radius 2 is 2.00 bits per heavy atom. The smallest absolute Gasteiger partial charge is 0.164 e. The van der Waals surface area contributed by atoms with Gasteiger partial charge in [-0.2, -0.15) is 0 Å². The lowest BCUT2D eigenvalue weighted by molar-refractivity contribution is 0.185. The van der Waals surface area contributed by atoms with Crippen LogP contribution in [0.4, 0.5) is 10.1 Å². The summed E-state index contributed by atoms with van der Waals surface area (Å²) in [4.78, 5) is 8.64. The molecule has 3 heterocycles. The van der Waals surface area contributed by atoms with Gasteiger partial charge >= 0.3 is 0 Å². The first kappa shape index (κ1) is 13.8. The van der Waals surface area contributed by atoms with Gasteiger partial charge in [-0.05, 0) is 50.8 Å². The Bertz CT molecular complexity index is 431. The lowest BCUT2D eigenvalue weighted by Crippen LogP contribution is -2.42. The number of hydrogen-bond acceptors (Lipinski definition) is 3. The van der Waals surface area contributed by atoms with Gasteiger partial charge < -0.3 is 9.80 Å². The highest BCUT2D eigenvalue weighted by atomic mass is 19.1. The zero-order valence-electron chi connectivity index (χ0n) is 12.1. The topological polar surface area (TPSA) is 19.4 Å². The van der Waals surface area contributed by atoms with Gasteiger partial charge in [-0.3, -0.25) is 4.98 Å². The van der Waals surface area contributed by atoms with Gasteiger partial charge in [0.05, 0.1) is 11.9 Å². The molecule has 1 aromatic rings.